The summed E-state index contributed by atoms with van der Waals surface area (Å²) in [6.07, 6.45) is 4.20. The van der Waals surface area contributed by atoms with Crippen molar-refractivity contribution < 1.29 is 13.5 Å². The van der Waals surface area contributed by atoms with E-state index in [1.807, 2.05) is 0 Å². The molecule has 0 saturated carbocycles. The van der Waals surface area contributed by atoms with E-state index >= 15 is 0 Å². The molecule has 2 unspecified atom stereocenters. The Bertz CT molecular complexity index is 405. The van der Waals surface area contributed by atoms with E-state index in [0.29, 0.717) is 0 Å². The molecule has 1 fully saturated rings. The van der Waals surface area contributed by atoms with Crippen LogP contribution in [0.4, 0.5) is 8.78 Å². The Morgan fingerprint density at radius 1 is 1.32 bits per heavy atom. The molecule has 2 rings (SSSR count). The van der Waals surface area contributed by atoms with E-state index in [-0.39, 0.29) is 12.1 Å². The second kappa shape index (κ2) is 6.96. The lowest BCUT2D eigenvalue weighted by molar-refractivity contribution is -0.00822. The summed E-state index contributed by atoms with van der Waals surface area (Å²) in [6, 6.07) is 4.05. The molecule has 0 amide bonds. The standard InChI is InChI=1S/C15H21F2NO/c1-2-8-18-15(14-5-3-4-9-19-14)11-6-7-12(16)13(17)10-11/h6-7,10,14-15,18H,2-5,8-9H2,1H3. The van der Waals surface area contributed by atoms with Gasteiger partial charge in [0, 0.05) is 6.61 Å². The van der Waals surface area contributed by atoms with Gasteiger partial charge in [-0.3, -0.25) is 0 Å². The average Bonchev–Trinajstić information content (AvgIpc) is 2.44. The number of hydrogen-bond acceptors (Lipinski definition) is 2. The topological polar surface area (TPSA) is 21.3 Å². The Kier molecular flexibility index (Phi) is 5.28. The third-order valence-electron chi connectivity index (χ3n) is 3.50. The van der Waals surface area contributed by atoms with Crippen LogP contribution in [0.5, 0.6) is 0 Å². The lowest BCUT2D eigenvalue weighted by Gasteiger charge is -2.31. The summed E-state index contributed by atoms with van der Waals surface area (Å²) in [5.41, 5.74) is 0.763. The zero-order chi connectivity index (χ0) is 13.7. The molecule has 1 heterocycles. The molecule has 4 heteroatoms. The minimum Gasteiger partial charge on any atom is -0.376 e. The maximum absolute atomic E-state index is 13.4. The Morgan fingerprint density at radius 2 is 2.16 bits per heavy atom. The predicted molar refractivity (Wildman–Crippen MR) is 71.0 cm³/mol. The van der Waals surface area contributed by atoms with Crippen LogP contribution in [0.3, 0.4) is 0 Å². The number of halogens is 2. The Morgan fingerprint density at radius 3 is 2.79 bits per heavy atom. The van der Waals surface area contributed by atoms with Gasteiger partial charge in [0.1, 0.15) is 0 Å². The zero-order valence-corrected chi connectivity index (χ0v) is 11.3. The molecule has 1 N–H and O–H groups in total. The van der Waals surface area contributed by atoms with E-state index < -0.39 is 11.6 Å². The highest BCUT2D eigenvalue weighted by Gasteiger charge is 2.26. The Labute approximate surface area is 113 Å². The average molecular weight is 269 g/mol. The Balaban J connectivity index is 2.17. The van der Waals surface area contributed by atoms with Crippen molar-refractivity contribution in [2.45, 2.75) is 44.8 Å². The van der Waals surface area contributed by atoms with E-state index in [2.05, 4.69) is 12.2 Å². The van der Waals surface area contributed by atoms with Crippen LogP contribution in [-0.4, -0.2) is 19.3 Å². The van der Waals surface area contributed by atoms with Crippen molar-refractivity contribution in [3.63, 3.8) is 0 Å². The largest absolute Gasteiger partial charge is 0.376 e. The van der Waals surface area contributed by atoms with Gasteiger partial charge in [0.15, 0.2) is 11.6 Å². The first-order valence-electron chi connectivity index (χ1n) is 7.02. The summed E-state index contributed by atoms with van der Waals surface area (Å²) in [6.45, 7) is 3.67. The van der Waals surface area contributed by atoms with Crippen LogP contribution in [0.25, 0.3) is 0 Å². The lowest BCUT2D eigenvalue weighted by Crippen LogP contribution is -2.36. The molecule has 1 aromatic rings. The fourth-order valence-electron chi connectivity index (χ4n) is 2.50. The fraction of sp³-hybridized carbons (Fsp3) is 0.600. The molecule has 0 bridgehead atoms. The van der Waals surface area contributed by atoms with Crippen molar-refractivity contribution in [2.75, 3.05) is 13.2 Å². The van der Waals surface area contributed by atoms with Crippen LogP contribution in [0.2, 0.25) is 0 Å². The van der Waals surface area contributed by atoms with Gasteiger partial charge in [0.25, 0.3) is 0 Å². The lowest BCUT2D eigenvalue weighted by atomic mass is 9.95. The Hall–Kier alpha value is -1.00. The van der Waals surface area contributed by atoms with Crippen molar-refractivity contribution in [1.29, 1.82) is 0 Å². The molecule has 0 aromatic heterocycles. The number of hydrogen-bond donors (Lipinski definition) is 1. The maximum Gasteiger partial charge on any atom is 0.159 e. The second-order valence-corrected chi connectivity index (χ2v) is 5.01. The molecule has 0 radical (unpaired) electrons. The van der Waals surface area contributed by atoms with Gasteiger partial charge in [0.2, 0.25) is 0 Å². The van der Waals surface area contributed by atoms with Gasteiger partial charge in [0.05, 0.1) is 12.1 Å². The summed E-state index contributed by atoms with van der Waals surface area (Å²) in [5.74, 6) is -1.60. The fourth-order valence-corrected chi connectivity index (χ4v) is 2.50. The SMILES string of the molecule is CCCNC(c1ccc(F)c(F)c1)C1CCCCO1. The molecule has 1 aromatic carbocycles. The van der Waals surface area contributed by atoms with Gasteiger partial charge >= 0.3 is 0 Å². The summed E-state index contributed by atoms with van der Waals surface area (Å²) in [5, 5.41) is 3.39. The van der Waals surface area contributed by atoms with Crippen LogP contribution in [0.1, 0.15) is 44.2 Å². The van der Waals surface area contributed by atoms with Crippen molar-refractivity contribution in [2.24, 2.45) is 0 Å². The van der Waals surface area contributed by atoms with Crippen LogP contribution in [0.15, 0.2) is 18.2 Å². The molecule has 1 aliphatic rings. The molecular weight excluding hydrogens is 248 g/mol. The molecule has 0 spiro atoms. The monoisotopic (exact) mass is 269 g/mol. The summed E-state index contributed by atoms with van der Waals surface area (Å²) in [7, 11) is 0. The first-order valence-corrected chi connectivity index (χ1v) is 7.02. The predicted octanol–water partition coefficient (Wildman–Crippen LogP) is 3.57. The van der Waals surface area contributed by atoms with Crippen LogP contribution >= 0.6 is 0 Å². The van der Waals surface area contributed by atoms with E-state index in [9.17, 15) is 8.78 Å². The zero-order valence-electron chi connectivity index (χ0n) is 11.3. The van der Waals surface area contributed by atoms with E-state index in [1.54, 1.807) is 6.07 Å². The molecule has 2 nitrogen and oxygen atoms in total. The number of rotatable bonds is 5. The maximum atomic E-state index is 13.4. The van der Waals surface area contributed by atoms with Crippen molar-refractivity contribution in [3.05, 3.63) is 35.4 Å². The number of ether oxygens (including phenoxy) is 1. The summed E-state index contributed by atoms with van der Waals surface area (Å²) < 4.78 is 32.2. The summed E-state index contributed by atoms with van der Waals surface area (Å²) in [4.78, 5) is 0. The van der Waals surface area contributed by atoms with E-state index in [1.165, 1.54) is 12.1 Å². The summed E-state index contributed by atoms with van der Waals surface area (Å²) >= 11 is 0. The molecule has 106 valence electrons. The third kappa shape index (κ3) is 3.74. The minimum absolute atomic E-state index is 0.0464. The molecule has 2 atom stereocenters. The highest BCUT2D eigenvalue weighted by atomic mass is 19.2. The van der Waals surface area contributed by atoms with Gasteiger partial charge in [-0.1, -0.05) is 13.0 Å². The molecule has 1 saturated heterocycles. The molecule has 1 aliphatic heterocycles. The van der Waals surface area contributed by atoms with Crippen LogP contribution in [0, 0.1) is 11.6 Å². The highest BCUT2D eigenvalue weighted by molar-refractivity contribution is 5.22. The first kappa shape index (κ1) is 14.4. The van der Waals surface area contributed by atoms with Crippen molar-refractivity contribution in [3.8, 4) is 0 Å². The first-order chi connectivity index (χ1) is 9.22. The molecule has 19 heavy (non-hydrogen) atoms. The minimum atomic E-state index is -0.803. The van der Waals surface area contributed by atoms with Gasteiger partial charge in [-0.2, -0.15) is 0 Å². The van der Waals surface area contributed by atoms with Crippen LogP contribution in [-0.2, 0) is 4.74 Å². The van der Waals surface area contributed by atoms with E-state index in [0.717, 1.165) is 44.4 Å². The molecular formula is C15H21F2NO. The number of benzene rings is 1. The van der Waals surface area contributed by atoms with Gasteiger partial charge in [-0.15, -0.1) is 0 Å². The third-order valence-corrected chi connectivity index (χ3v) is 3.50. The van der Waals surface area contributed by atoms with E-state index in [4.69, 9.17) is 4.74 Å². The van der Waals surface area contributed by atoms with Gasteiger partial charge in [-0.25, -0.2) is 8.78 Å². The van der Waals surface area contributed by atoms with Gasteiger partial charge < -0.3 is 10.1 Å². The molecule has 0 aliphatic carbocycles. The smallest absolute Gasteiger partial charge is 0.159 e. The normalized spacial score (nSPS) is 21.3. The number of nitrogens with one attached hydrogen (secondary N) is 1. The second-order valence-electron chi connectivity index (χ2n) is 5.01. The van der Waals surface area contributed by atoms with Gasteiger partial charge in [-0.05, 0) is 49.9 Å². The van der Waals surface area contributed by atoms with Crippen molar-refractivity contribution >= 4 is 0 Å². The van der Waals surface area contributed by atoms with Crippen LogP contribution < -0.4 is 5.32 Å². The quantitative estimate of drug-likeness (QED) is 0.882. The van der Waals surface area contributed by atoms with Crippen molar-refractivity contribution in [1.82, 2.24) is 5.32 Å². The highest BCUT2D eigenvalue weighted by Crippen LogP contribution is 2.27.